The van der Waals surface area contributed by atoms with Crippen LogP contribution in [0.4, 0.5) is 28.4 Å². The number of aromatic nitrogens is 15. The van der Waals surface area contributed by atoms with Crippen LogP contribution in [0.25, 0.3) is 136 Å². The van der Waals surface area contributed by atoms with Gasteiger partial charge in [0.15, 0.2) is 0 Å². The molecule has 10 heterocycles. The number of carbonyl (C=O) groups excluding carboxylic acids is 5. The highest BCUT2D eigenvalue weighted by molar-refractivity contribution is 7.94. The molecule has 40 nitrogen and oxygen atoms in total. The Balaban J connectivity index is 0.000000134. The summed E-state index contributed by atoms with van der Waals surface area (Å²) in [6.45, 7) is 13.8. The Morgan fingerprint density at radius 2 is 0.540 bits per heavy atom. The smallest absolute Gasteiger partial charge is 0.299 e. The van der Waals surface area contributed by atoms with Gasteiger partial charge in [0.25, 0.3) is 32.4 Å². The molecule has 150 heavy (non-hydrogen) atoms. The lowest BCUT2D eigenvalue weighted by Crippen LogP contribution is -2.24. The first kappa shape index (κ1) is 107. The fourth-order valence-corrected chi connectivity index (χ4v) is 23.5. The number of thiazole rings is 5. The standard InChI is InChI=1S/2C21H20N4O4S2.2C20H18N4O4S2.C18H14N4O4S2/c1-14(2)12-31(27,28)24-16-8-9-17-18(10-16)25(21-22-19(11-30-21)29-13-26)23-20(17)15-6-4-3-5-7-15;1-3-14(2)31(27,28)24-16-9-10-17-18(11-16)25(21-22-19(12-30-21)29-13-26)23-20(17)15-7-5-4-6-8-15;1-13(2)30(26,27)23-15-8-9-16-17(10-15)24(20-21-18(11-29-20)28-12-25)22-19(16)14-6-4-3-5-7-14;1-2-10-30(26,27)23-15-8-9-16-17(11-15)24(20-21-18(12-29-20)28-13-25)22-19(16)14-6-4-3-5-7-14;1-28(24,25)21-13-7-8-14-15(9-13)22(18-19-16(10-27-18)26-11-23)20-17(14)12-5-3-2-4-6-12/h3-11,13-14,24H,12H2,1-2H3;4-14,24H,3H2,1-2H3;3-13,23H,1-2H3;3-9,11-13,23H,2,10H2,1H3;2-11,21H,1H3. The number of sulfonamides is 5. The number of benzene rings is 10. The van der Waals surface area contributed by atoms with Gasteiger partial charge in [-0.25, -0.2) is 65.5 Å². The molecule has 1 unspecified atom stereocenters. The van der Waals surface area contributed by atoms with Gasteiger partial charge in [0.05, 0.1) is 111 Å². The Hall–Kier alpha value is -16.2. The van der Waals surface area contributed by atoms with Gasteiger partial charge in [-0.05, 0) is 131 Å². The summed E-state index contributed by atoms with van der Waals surface area (Å²) in [6, 6.07) is 74.6. The van der Waals surface area contributed by atoms with Crippen LogP contribution in [0.15, 0.2) is 270 Å². The van der Waals surface area contributed by atoms with Gasteiger partial charge in [0.1, 0.15) is 28.5 Å². The average Bonchev–Trinajstić information content (AvgIpc) is 1.61. The SMILES string of the molecule is CC(C)CS(=O)(=O)Nc1ccc2c(-c3ccccc3)nn(-c3nc(OC=O)cs3)c2c1.CC(C)S(=O)(=O)Nc1ccc2c(-c3ccccc3)nn(-c3nc(OC=O)cs3)c2c1.CCC(C)S(=O)(=O)Nc1ccc2c(-c3ccccc3)nn(-c3nc(OC=O)cs3)c2c1.CCCS(=O)(=O)Nc1ccc2c(-c3ccccc3)nn(-c3nc(OC=O)cs3)c2c1.CS(=O)(=O)Nc1ccc2c(-c3ccccc3)nn(-c3nc(OC=O)cs3)c2c1. The minimum atomic E-state index is -3.51. The second-order valence-corrected chi connectivity index (χ2v) is 47.2. The molecule has 50 heteroatoms. The molecule has 1 atom stereocenters. The zero-order valence-electron chi connectivity index (χ0n) is 80.4. The summed E-state index contributed by atoms with van der Waals surface area (Å²) in [5.74, 6) is 0.938. The zero-order chi connectivity index (χ0) is 106. The van der Waals surface area contributed by atoms with E-state index in [9.17, 15) is 66.1 Å². The lowest BCUT2D eigenvalue weighted by Gasteiger charge is -2.13. The Morgan fingerprint density at radius 3 is 0.760 bits per heavy atom. The van der Waals surface area contributed by atoms with Crippen molar-refractivity contribution >= 4 is 222 Å². The van der Waals surface area contributed by atoms with Crippen LogP contribution in [0.5, 0.6) is 29.4 Å². The summed E-state index contributed by atoms with van der Waals surface area (Å²) in [5, 5.41) is 37.2. The second-order valence-electron chi connectivity index (χ2n) is 33.3. The summed E-state index contributed by atoms with van der Waals surface area (Å²) in [6.07, 6.45) is 2.12. The molecule has 20 aromatic rings. The van der Waals surface area contributed by atoms with E-state index >= 15 is 0 Å². The van der Waals surface area contributed by atoms with E-state index < -0.39 is 60.6 Å². The monoisotopic (exact) mass is 2210 g/mol. The number of nitrogens with zero attached hydrogens (tertiary/aromatic N) is 15. The number of hydrogen-bond acceptors (Lipinski definition) is 35. The van der Waals surface area contributed by atoms with Gasteiger partial charge < -0.3 is 23.7 Å². The average molecular weight is 2210 g/mol. The van der Waals surface area contributed by atoms with Crippen molar-refractivity contribution in [3.63, 3.8) is 0 Å². The molecule has 0 aliphatic rings. The number of carbonyl (C=O) groups is 5. The van der Waals surface area contributed by atoms with Crippen LogP contribution in [0, 0.1) is 5.92 Å². The molecule has 10 aromatic heterocycles. The lowest BCUT2D eigenvalue weighted by atomic mass is 10.1. The number of fused-ring (bicyclic) bond motifs is 5. The summed E-state index contributed by atoms with van der Waals surface area (Å²) < 4.78 is 167. The molecule has 0 saturated heterocycles. The van der Waals surface area contributed by atoms with Gasteiger partial charge in [0.2, 0.25) is 105 Å². The van der Waals surface area contributed by atoms with Crippen LogP contribution < -0.4 is 47.3 Å². The van der Waals surface area contributed by atoms with Gasteiger partial charge in [-0.2, -0.15) is 50.4 Å². The molecule has 5 N–H and O–H groups in total. The number of ether oxygens (including phenoxy) is 5. The highest BCUT2D eigenvalue weighted by Gasteiger charge is 2.28. The van der Waals surface area contributed by atoms with E-state index in [4.69, 9.17) is 44.1 Å². The predicted molar refractivity (Wildman–Crippen MR) is 583 cm³/mol. The van der Waals surface area contributed by atoms with Gasteiger partial charge in [-0.15, -0.1) is 0 Å². The quantitative estimate of drug-likeness (QED) is 0.0226. The van der Waals surface area contributed by atoms with Gasteiger partial charge in [-0.3, -0.25) is 47.6 Å². The molecule has 0 saturated carbocycles. The van der Waals surface area contributed by atoms with Crippen LogP contribution in [0.2, 0.25) is 0 Å². The summed E-state index contributed by atoms with van der Waals surface area (Å²) in [7, 11) is -17.3. The van der Waals surface area contributed by atoms with Crippen molar-refractivity contribution in [2.45, 2.75) is 71.8 Å². The van der Waals surface area contributed by atoms with Crippen molar-refractivity contribution in [1.29, 1.82) is 0 Å². The number of nitrogens with one attached hydrogen (secondary N) is 5. The van der Waals surface area contributed by atoms with E-state index in [2.05, 4.69) is 53.6 Å². The van der Waals surface area contributed by atoms with E-state index in [1.807, 2.05) is 210 Å². The van der Waals surface area contributed by atoms with Crippen LogP contribution in [-0.4, -0.2) is 177 Å². The van der Waals surface area contributed by atoms with E-state index in [0.29, 0.717) is 127 Å². The maximum Gasteiger partial charge on any atom is 0.299 e. The van der Waals surface area contributed by atoms with Crippen molar-refractivity contribution in [3.05, 3.63) is 270 Å². The Morgan fingerprint density at radius 1 is 0.307 bits per heavy atom. The minimum Gasteiger partial charge on any atom is -0.409 e. The van der Waals surface area contributed by atoms with Gasteiger partial charge in [0, 0.05) is 54.7 Å². The largest absolute Gasteiger partial charge is 0.409 e. The molecule has 0 aliphatic carbocycles. The van der Waals surface area contributed by atoms with E-state index in [1.165, 1.54) is 56.7 Å². The number of anilines is 5. The fraction of sp³-hybridized carbons (Fsp3) is 0.150. The molecular formula is C100H90N20O20S10. The van der Waals surface area contributed by atoms with Crippen molar-refractivity contribution in [1.82, 2.24) is 73.8 Å². The van der Waals surface area contributed by atoms with Crippen molar-refractivity contribution in [2.75, 3.05) is 41.4 Å². The maximum absolute atomic E-state index is 12.5. The molecule has 0 fully saturated rings. The summed E-state index contributed by atoms with van der Waals surface area (Å²) >= 11 is 6.29. The highest BCUT2D eigenvalue weighted by atomic mass is 32.2. The van der Waals surface area contributed by atoms with Crippen LogP contribution in [-0.2, 0) is 74.1 Å². The van der Waals surface area contributed by atoms with Crippen LogP contribution in [0.1, 0.15) is 61.3 Å². The number of hydrogen-bond donors (Lipinski definition) is 5. The zero-order valence-corrected chi connectivity index (χ0v) is 88.5. The van der Waals surface area contributed by atoms with Gasteiger partial charge in [-0.1, -0.05) is 236 Å². The third kappa shape index (κ3) is 25.6. The molecule has 0 amide bonds. The predicted octanol–water partition coefficient (Wildman–Crippen LogP) is 19.0. The Bertz CT molecular complexity index is 8910. The molecule has 0 radical (unpaired) electrons. The molecule has 770 valence electrons. The molecule has 10 aromatic carbocycles. The van der Waals surface area contributed by atoms with Crippen LogP contribution in [0.3, 0.4) is 0 Å². The fourth-order valence-electron chi connectivity index (χ4n) is 15.1. The summed E-state index contributed by atoms with van der Waals surface area (Å²) in [5.41, 5.74) is 13.8. The van der Waals surface area contributed by atoms with Crippen molar-refractivity contribution in [2.24, 2.45) is 5.92 Å². The van der Waals surface area contributed by atoms with Crippen LogP contribution >= 0.6 is 56.7 Å². The molecule has 0 bridgehead atoms. The Labute approximate surface area is 878 Å². The highest BCUT2D eigenvalue weighted by Crippen LogP contribution is 2.41. The topological polar surface area (TPSA) is 516 Å². The summed E-state index contributed by atoms with van der Waals surface area (Å²) in [4.78, 5) is 74.5. The van der Waals surface area contributed by atoms with Crippen molar-refractivity contribution < 1.29 is 89.7 Å². The third-order valence-electron chi connectivity index (χ3n) is 21.9. The first-order valence-electron chi connectivity index (χ1n) is 45.4. The molecule has 20 rings (SSSR count). The minimum absolute atomic E-state index is 0.00278. The first-order chi connectivity index (χ1) is 72.1. The molecule has 0 aliphatic heterocycles. The molecular weight excluding hydrogens is 2120 g/mol. The lowest BCUT2D eigenvalue weighted by molar-refractivity contribution is -0.121. The Kier molecular flexibility index (Phi) is 33.3. The normalized spacial score (nSPS) is 11.8. The first-order valence-corrected chi connectivity index (χ1v) is 58.1. The number of rotatable bonds is 37. The maximum atomic E-state index is 12.5. The van der Waals surface area contributed by atoms with Gasteiger partial charge >= 0.3 is 0 Å². The molecule has 0 spiro atoms. The van der Waals surface area contributed by atoms with E-state index in [-0.39, 0.29) is 46.8 Å². The van der Waals surface area contributed by atoms with Crippen molar-refractivity contribution in [3.8, 4) is 111 Å². The second kappa shape index (κ2) is 46.9. The van der Waals surface area contributed by atoms with E-state index in [0.717, 1.165) is 89.5 Å². The van der Waals surface area contributed by atoms with E-state index in [1.54, 1.807) is 132 Å². The third-order valence-corrected chi connectivity index (χ3v) is 33.3.